The molecule has 5 heteroatoms. The van der Waals surface area contributed by atoms with Crippen molar-refractivity contribution in [2.75, 3.05) is 20.2 Å². The van der Waals surface area contributed by atoms with Gasteiger partial charge >= 0.3 is 0 Å². The number of methoxy groups -OCH3 is 1. The molecule has 0 atom stereocenters. The highest BCUT2D eigenvalue weighted by molar-refractivity contribution is 5.94. The minimum absolute atomic E-state index is 0.0337. The van der Waals surface area contributed by atoms with E-state index in [4.69, 9.17) is 4.74 Å². The van der Waals surface area contributed by atoms with Gasteiger partial charge < -0.3 is 15.0 Å². The fourth-order valence-corrected chi connectivity index (χ4v) is 3.24. The Bertz CT molecular complexity index is 763. The summed E-state index contributed by atoms with van der Waals surface area (Å²) >= 11 is 0. The standard InChI is InChI=1S/C22H26N2O3/c1-27-20-11-7-17(8-12-20)15-21(25)23-16-18-5-9-19(10-6-18)22(26)24-13-3-2-4-14-24/h5-12H,2-4,13-16H2,1H3,(H,23,25). The Balaban J connectivity index is 1.49. The Morgan fingerprint density at radius 3 is 2.19 bits per heavy atom. The second-order valence-corrected chi connectivity index (χ2v) is 6.85. The summed E-state index contributed by atoms with van der Waals surface area (Å²) < 4.78 is 5.12. The van der Waals surface area contributed by atoms with Gasteiger partial charge in [0.1, 0.15) is 5.75 Å². The average molecular weight is 366 g/mol. The van der Waals surface area contributed by atoms with Crippen LogP contribution in [0.25, 0.3) is 0 Å². The molecule has 0 radical (unpaired) electrons. The molecule has 0 saturated carbocycles. The Kier molecular flexibility index (Phi) is 6.47. The number of rotatable bonds is 6. The minimum atomic E-state index is -0.0337. The summed E-state index contributed by atoms with van der Waals surface area (Å²) in [5, 5.41) is 2.92. The molecule has 1 fully saturated rings. The molecule has 1 N–H and O–H groups in total. The number of carbonyl (C=O) groups is 2. The van der Waals surface area contributed by atoms with Gasteiger partial charge in [-0.25, -0.2) is 0 Å². The first-order valence-electron chi connectivity index (χ1n) is 9.43. The predicted octanol–water partition coefficient (Wildman–Crippen LogP) is 3.18. The normalized spacial score (nSPS) is 13.9. The first kappa shape index (κ1) is 19.0. The summed E-state index contributed by atoms with van der Waals surface area (Å²) in [6, 6.07) is 15.0. The van der Waals surface area contributed by atoms with Gasteiger partial charge in [-0.3, -0.25) is 9.59 Å². The lowest BCUT2D eigenvalue weighted by molar-refractivity contribution is -0.120. The van der Waals surface area contributed by atoms with Crippen molar-refractivity contribution in [2.24, 2.45) is 0 Å². The summed E-state index contributed by atoms with van der Waals surface area (Å²) in [6.45, 7) is 2.15. The highest BCUT2D eigenvalue weighted by Crippen LogP contribution is 2.14. The van der Waals surface area contributed by atoms with E-state index in [0.717, 1.165) is 42.8 Å². The van der Waals surface area contributed by atoms with Crippen LogP contribution < -0.4 is 10.1 Å². The fourth-order valence-electron chi connectivity index (χ4n) is 3.24. The first-order chi connectivity index (χ1) is 13.2. The molecule has 0 bridgehead atoms. The van der Waals surface area contributed by atoms with Crippen molar-refractivity contribution >= 4 is 11.8 Å². The third-order valence-electron chi connectivity index (χ3n) is 4.86. The highest BCUT2D eigenvalue weighted by Gasteiger charge is 2.17. The number of likely N-dealkylation sites (tertiary alicyclic amines) is 1. The molecule has 0 aromatic heterocycles. The molecule has 2 aromatic rings. The van der Waals surface area contributed by atoms with E-state index >= 15 is 0 Å². The maximum absolute atomic E-state index is 12.5. The van der Waals surface area contributed by atoms with Gasteiger partial charge in [0.2, 0.25) is 5.91 Å². The number of piperidine rings is 1. The van der Waals surface area contributed by atoms with Crippen LogP contribution in [0, 0.1) is 0 Å². The number of hydrogen-bond acceptors (Lipinski definition) is 3. The largest absolute Gasteiger partial charge is 0.497 e. The monoisotopic (exact) mass is 366 g/mol. The highest BCUT2D eigenvalue weighted by atomic mass is 16.5. The summed E-state index contributed by atoms with van der Waals surface area (Å²) in [5.41, 5.74) is 2.63. The van der Waals surface area contributed by atoms with Gasteiger partial charge in [0.25, 0.3) is 5.91 Å². The van der Waals surface area contributed by atoms with Crippen LogP contribution >= 0.6 is 0 Å². The molecule has 1 aliphatic rings. The number of benzene rings is 2. The van der Waals surface area contributed by atoms with Crippen molar-refractivity contribution in [1.82, 2.24) is 10.2 Å². The molecule has 1 aliphatic heterocycles. The van der Waals surface area contributed by atoms with E-state index in [1.54, 1.807) is 7.11 Å². The Labute approximate surface area is 160 Å². The quantitative estimate of drug-likeness (QED) is 0.854. The van der Waals surface area contributed by atoms with Crippen LogP contribution in [0.3, 0.4) is 0 Å². The van der Waals surface area contributed by atoms with Crippen molar-refractivity contribution in [3.63, 3.8) is 0 Å². The maximum atomic E-state index is 12.5. The zero-order chi connectivity index (χ0) is 19.1. The lowest BCUT2D eigenvalue weighted by Gasteiger charge is -2.26. The molecule has 2 aromatic carbocycles. The number of ether oxygens (including phenoxy) is 1. The van der Waals surface area contributed by atoms with E-state index in [2.05, 4.69) is 5.32 Å². The van der Waals surface area contributed by atoms with E-state index in [0.29, 0.717) is 18.5 Å². The average Bonchev–Trinajstić information content (AvgIpc) is 2.73. The second-order valence-electron chi connectivity index (χ2n) is 6.85. The molecular weight excluding hydrogens is 340 g/mol. The molecule has 0 aliphatic carbocycles. The third-order valence-corrected chi connectivity index (χ3v) is 4.86. The molecule has 0 unspecified atom stereocenters. The minimum Gasteiger partial charge on any atom is -0.497 e. The molecule has 142 valence electrons. The van der Waals surface area contributed by atoms with Crippen molar-refractivity contribution < 1.29 is 14.3 Å². The molecule has 1 saturated heterocycles. The van der Waals surface area contributed by atoms with Crippen molar-refractivity contribution in [2.45, 2.75) is 32.2 Å². The molecule has 27 heavy (non-hydrogen) atoms. The predicted molar refractivity (Wildman–Crippen MR) is 105 cm³/mol. The zero-order valence-corrected chi connectivity index (χ0v) is 15.7. The van der Waals surface area contributed by atoms with Crippen LogP contribution in [0.2, 0.25) is 0 Å². The van der Waals surface area contributed by atoms with E-state index in [-0.39, 0.29) is 11.8 Å². The van der Waals surface area contributed by atoms with Gasteiger partial charge in [-0.15, -0.1) is 0 Å². The Morgan fingerprint density at radius 1 is 0.926 bits per heavy atom. The van der Waals surface area contributed by atoms with E-state index in [9.17, 15) is 9.59 Å². The van der Waals surface area contributed by atoms with Crippen LogP contribution in [0.4, 0.5) is 0 Å². The van der Waals surface area contributed by atoms with Crippen LogP contribution in [-0.2, 0) is 17.8 Å². The van der Waals surface area contributed by atoms with Gasteiger partial charge in [-0.2, -0.15) is 0 Å². The maximum Gasteiger partial charge on any atom is 0.253 e. The van der Waals surface area contributed by atoms with Gasteiger partial charge in [-0.1, -0.05) is 24.3 Å². The summed E-state index contributed by atoms with van der Waals surface area (Å²) in [5.74, 6) is 0.844. The van der Waals surface area contributed by atoms with Crippen molar-refractivity contribution in [1.29, 1.82) is 0 Å². The molecule has 2 amide bonds. The van der Waals surface area contributed by atoms with Gasteiger partial charge in [0.05, 0.1) is 13.5 Å². The van der Waals surface area contributed by atoms with Crippen molar-refractivity contribution in [3.05, 3.63) is 65.2 Å². The Morgan fingerprint density at radius 2 is 1.56 bits per heavy atom. The molecule has 0 spiro atoms. The second kappa shape index (κ2) is 9.21. The van der Waals surface area contributed by atoms with Crippen molar-refractivity contribution in [3.8, 4) is 5.75 Å². The number of carbonyl (C=O) groups excluding carboxylic acids is 2. The van der Waals surface area contributed by atoms with Gasteiger partial charge in [0.15, 0.2) is 0 Å². The number of nitrogens with zero attached hydrogens (tertiary/aromatic N) is 1. The lowest BCUT2D eigenvalue weighted by atomic mass is 10.1. The smallest absolute Gasteiger partial charge is 0.253 e. The number of hydrogen-bond donors (Lipinski definition) is 1. The topological polar surface area (TPSA) is 58.6 Å². The molecule has 3 rings (SSSR count). The Hall–Kier alpha value is -2.82. The summed E-state index contributed by atoms with van der Waals surface area (Å²) in [4.78, 5) is 26.5. The van der Waals surface area contributed by atoms with Crippen LogP contribution in [-0.4, -0.2) is 36.9 Å². The molecule has 5 nitrogen and oxygen atoms in total. The molecule has 1 heterocycles. The fraction of sp³-hybridized carbons (Fsp3) is 0.364. The lowest BCUT2D eigenvalue weighted by Crippen LogP contribution is -2.35. The first-order valence-corrected chi connectivity index (χ1v) is 9.43. The van der Waals surface area contributed by atoms with Crippen LogP contribution in [0.15, 0.2) is 48.5 Å². The molecular formula is C22H26N2O3. The zero-order valence-electron chi connectivity index (χ0n) is 15.7. The third kappa shape index (κ3) is 5.33. The van der Waals surface area contributed by atoms with E-state index < -0.39 is 0 Å². The van der Waals surface area contributed by atoms with E-state index in [1.807, 2.05) is 53.4 Å². The van der Waals surface area contributed by atoms with Crippen LogP contribution in [0.5, 0.6) is 5.75 Å². The van der Waals surface area contributed by atoms with Gasteiger partial charge in [-0.05, 0) is 54.7 Å². The number of nitrogens with one attached hydrogen (secondary N) is 1. The summed E-state index contributed by atoms with van der Waals surface area (Å²) in [7, 11) is 1.62. The number of amides is 2. The SMILES string of the molecule is COc1ccc(CC(=O)NCc2ccc(C(=O)N3CCCCC3)cc2)cc1. The summed E-state index contributed by atoms with van der Waals surface area (Å²) in [6.07, 6.45) is 3.71. The van der Waals surface area contributed by atoms with Crippen LogP contribution in [0.1, 0.15) is 40.7 Å². The van der Waals surface area contributed by atoms with Gasteiger partial charge in [0, 0.05) is 25.2 Å². The van der Waals surface area contributed by atoms with E-state index in [1.165, 1.54) is 6.42 Å².